The van der Waals surface area contributed by atoms with Crippen LogP contribution in [0.3, 0.4) is 0 Å². The fraction of sp³-hybridized carbons (Fsp3) is 0.429. The van der Waals surface area contributed by atoms with E-state index in [0.29, 0.717) is 18.7 Å². The highest BCUT2D eigenvalue weighted by molar-refractivity contribution is 9.10. The number of carbonyl (C=O) groups is 2. The second-order valence-corrected chi connectivity index (χ2v) is 5.60. The smallest absolute Gasteiger partial charge is 0.326 e. The maximum atomic E-state index is 12.1. The third-order valence-corrected chi connectivity index (χ3v) is 3.76. The largest absolute Gasteiger partial charge is 0.484 e. The van der Waals surface area contributed by atoms with Gasteiger partial charge in [-0.1, -0.05) is 22.0 Å². The first-order valence-corrected chi connectivity index (χ1v) is 7.28. The van der Waals surface area contributed by atoms with Crippen LogP contribution >= 0.6 is 15.9 Å². The maximum absolute atomic E-state index is 12.1. The van der Waals surface area contributed by atoms with Crippen LogP contribution in [0.2, 0.25) is 0 Å². The first kappa shape index (κ1) is 14.8. The number of carboxylic acids is 1. The molecular formula is C14H16BrNO4. The van der Waals surface area contributed by atoms with Gasteiger partial charge < -0.3 is 14.7 Å². The van der Waals surface area contributed by atoms with Crippen molar-refractivity contribution in [1.29, 1.82) is 0 Å². The highest BCUT2D eigenvalue weighted by atomic mass is 79.9. The molecule has 0 radical (unpaired) electrons. The summed E-state index contributed by atoms with van der Waals surface area (Å²) in [5.41, 5.74) is 0. The van der Waals surface area contributed by atoms with Crippen LogP contribution in [0.1, 0.15) is 19.3 Å². The van der Waals surface area contributed by atoms with Crippen molar-refractivity contribution in [2.45, 2.75) is 25.3 Å². The Morgan fingerprint density at radius 3 is 2.90 bits per heavy atom. The molecule has 108 valence electrons. The van der Waals surface area contributed by atoms with Gasteiger partial charge in [0.1, 0.15) is 11.8 Å². The van der Waals surface area contributed by atoms with Gasteiger partial charge in [-0.05, 0) is 37.5 Å². The topological polar surface area (TPSA) is 66.8 Å². The predicted molar refractivity (Wildman–Crippen MR) is 76.6 cm³/mol. The molecule has 1 N–H and O–H groups in total. The Balaban J connectivity index is 1.95. The summed E-state index contributed by atoms with van der Waals surface area (Å²) in [5, 5.41) is 9.14. The number of halogens is 1. The predicted octanol–water partition coefficient (Wildman–Crippen LogP) is 2.29. The molecule has 1 amide bonds. The van der Waals surface area contributed by atoms with Gasteiger partial charge in [0.25, 0.3) is 5.91 Å². The van der Waals surface area contributed by atoms with E-state index < -0.39 is 12.0 Å². The van der Waals surface area contributed by atoms with E-state index in [1.807, 2.05) is 12.1 Å². The summed E-state index contributed by atoms with van der Waals surface area (Å²) in [4.78, 5) is 24.7. The second-order valence-electron chi connectivity index (χ2n) is 4.68. The van der Waals surface area contributed by atoms with Crippen LogP contribution in [0.4, 0.5) is 0 Å². The molecule has 1 heterocycles. The molecule has 0 bridgehead atoms. The molecule has 20 heavy (non-hydrogen) atoms. The van der Waals surface area contributed by atoms with Gasteiger partial charge in [0.15, 0.2) is 6.61 Å². The quantitative estimate of drug-likeness (QED) is 0.912. The monoisotopic (exact) mass is 341 g/mol. The molecule has 1 aliphatic rings. The number of rotatable bonds is 4. The van der Waals surface area contributed by atoms with Crippen LogP contribution in [0.25, 0.3) is 0 Å². The normalized spacial score (nSPS) is 18.6. The van der Waals surface area contributed by atoms with Crippen LogP contribution in [0, 0.1) is 0 Å². The van der Waals surface area contributed by atoms with Crippen molar-refractivity contribution in [2.24, 2.45) is 0 Å². The van der Waals surface area contributed by atoms with Gasteiger partial charge in [0.2, 0.25) is 0 Å². The van der Waals surface area contributed by atoms with E-state index in [1.54, 1.807) is 12.1 Å². The maximum Gasteiger partial charge on any atom is 0.326 e. The highest BCUT2D eigenvalue weighted by Gasteiger charge is 2.31. The van der Waals surface area contributed by atoms with Gasteiger partial charge in [0, 0.05) is 11.0 Å². The van der Waals surface area contributed by atoms with E-state index in [4.69, 9.17) is 9.84 Å². The molecule has 1 fully saturated rings. The summed E-state index contributed by atoms with van der Waals surface area (Å²) in [6.45, 7) is 0.345. The summed E-state index contributed by atoms with van der Waals surface area (Å²) in [6.07, 6.45) is 2.19. The number of hydrogen-bond donors (Lipinski definition) is 1. The number of carboxylic acid groups (broad SMARTS) is 1. The van der Waals surface area contributed by atoms with Crippen molar-refractivity contribution in [2.75, 3.05) is 13.2 Å². The second kappa shape index (κ2) is 6.74. The SMILES string of the molecule is O=C(O)[C@H]1CCCCN1C(=O)COc1cccc(Br)c1. The standard InChI is InChI=1S/C14H16BrNO4/c15-10-4-3-5-11(8-10)20-9-13(17)16-7-2-1-6-12(16)14(18)19/h3-5,8,12H,1-2,6-7,9H2,(H,18,19)/t12-/m1/s1. The van der Waals surface area contributed by atoms with Crippen molar-refractivity contribution in [3.05, 3.63) is 28.7 Å². The molecule has 0 unspecified atom stereocenters. The minimum Gasteiger partial charge on any atom is -0.484 e. The molecule has 1 saturated heterocycles. The molecule has 0 aromatic heterocycles. The number of aliphatic carboxylic acids is 1. The Morgan fingerprint density at radius 1 is 1.40 bits per heavy atom. The average Bonchev–Trinajstić information content (AvgIpc) is 2.45. The summed E-state index contributed by atoms with van der Waals surface area (Å²) in [5.74, 6) is -0.644. The Morgan fingerprint density at radius 2 is 2.20 bits per heavy atom. The fourth-order valence-electron chi connectivity index (χ4n) is 2.27. The van der Waals surface area contributed by atoms with Crippen LogP contribution in [-0.2, 0) is 9.59 Å². The van der Waals surface area contributed by atoms with E-state index in [-0.39, 0.29) is 12.5 Å². The first-order valence-electron chi connectivity index (χ1n) is 6.48. The zero-order valence-electron chi connectivity index (χ0n) is 10.9. The average molecular weight is 342 g/mol. The Kier molecular flexibility index (Phi) is 5.00. The van der Waals surface area contributed by atoms with Gasteiger partial charge in [-0.2, -0.15) is 0 Å². The van der Waals surface area contributed by atoms with E-state index in [0.717, 1.165) is 17.3 Å². The molecule has 1 aromatic rings. The lowest BCUT2D eigenvalue weighted by molar-refractivity contribution is -0.152. The molecule has 5 nitrogen and oxygen atoms in total. The lowest BCUT2D eigenvalue weighted by Crippen LogP contribution is -2.49. The number of benzene rings is 1. The number of piperidine rings is 1. The Labute approximate surface area is 125 Å². The minimum absolute atomic E-state index is 0.139. The van der Waals surface area contributed by atoms with Gasteiger partial charge in [-0.15, -0.1) is 0 Å². The summed E-state index contributed by atoms with van der Waals surface area (Å²) in [7, 11) is 0. The van der Waals surface area contributed by atoms with Gasteiger partial charge >= 0.3 is 5.97 Å². The number of hydrogen-bond acceptors (Lipinski definition) is 3. The van der Waals surface area contributed by atoms with E-state index in [9.17, 15) is 9.59 Å². The van der Waals surface area contributed by atoms with Crippen molar-refractivity contribution >= 4 is 27.8 Å². The van der Waals surface area contributed by atoms with E-state index in [2.05, 4.69) is 15.9 Å². The van der Waals surface area contributed by atoms with Crippen LogP contribution in [0.15, 0.2) is 28.7 Å². The van der Waals surface area contributed by atoms with Gasteiger partial charge in [-0.3, -0.25) is 4.79 Å². The first-order chi connectivity index (χ1) is 9.58. The molecule has 0 aliphatic carbocycles. The van der Waals surface area contributed by atoms with E-state index in [1.165, 1.54) is 4.90 Å². The summed E-state index contributed by atoms with van der Waals surface area (Å²) in [6, 6.07) is 6.47. The van der Waals surface area contributed by atoms with Crippen molar-refractivity contribution in [3.63, 3.8) is 0 Å². The van der Waals surface area contributed by atoms with Gasteiger partial charge in [0.05, 0.1) is 0 Å². The molecule has 1 aliphatic heterocycles. The zero-order chi connectivity index (χ0) is 14.5. The third kappa shape index (κ3) is 3.72. The van der Waals surface area contributed by atoms with Crippen molar-refractivity contribution < 1.29 is 19.4 Å². The molecule has 1 aromatic carbocycles. The number of nitrogens with zero attached hydrogens (tertiary/aromatic N) is 1. The Hall–Kier alpha value is -1.56. The number of likely N-dealkylation sites (tertiary alicyclic amines) is 1. The minimum atomic E-state index is -0.944. The van der Waals surface area contributed by atoms with Crippen molar-refractivity contribution in [3.8, 4) is 5.75 Å². The number of ether oxygens (including phenoxy) is 1. The lowest BCUT2D eigenvalue weighted by atomic mass is 10.0. The molecule has 6 heteroatoms. The molecule has 0 spiro atoms. The molecule has 0 saturated carbocycles. The zero-order valence-corrected chi connectivity index (χ0v) is 12.5. The summed E-state index contributed by atoms with van der Waals surface area (Å²) < 4.78 is 6.28. The summed E-state index contributed by atoms with van der Waals surface area (Å²) >= 11 is 3.32. The van der Waals surface area contributed by atoms with E-state index >= 15 is 0 Å². The van der Waals surface area contributed by atoms with Gasteiger partial charge in [-0.25, -0.2) is 4.79 Å². The lowest BCUT2D eigenvalue weighted by Gasteiger charge is -2.32. The number of carbonyl (C=O) groups excluding carboxylic acids is 1. The van der Waals surface area contributed by atoms with Crippen molar-refractivity contribution in [1.82, 2.24) is 4.90 Å². The Bertz CT molecular complexity index is 506. The molecule has 2 rings (SSSR count). The van der Waals surface area contributed by atoms with Crippen LogP contribution < -0.4 is 4.74 Å². The van der Waals surface area contributed by atoms with Crippen LogP contribution in [-0.4, -0.2) is 41.1 Å². The molecule has 1 atom stereocenters. The fourth-order valence-corrected chi connectivity index (χ4v) is 2.65. The highest BCUT2D eigenvalue weighted by Crippen LogP contribution is 2.20. The third-order valence-electron chi connectivity index (χ3n) is 3.27. The molecular weight excluding hydrogens is 326 g/mol. The van der Waals surface area contributed by atoms with Crippen LogP contribution in [0.5, 0.6) is 5.75 Å². The number of amides is 1.